The summed E-state index contributed by atoms with van der Waals surface area (Å²) in [6.45, 7) is 3.16. The lowest BCUT2D eigenvalue weighted by Crippen LogP contribution is -2.30. The number of aliphatic imine (C=N–C) groups is 1. The minimum absolute atomic E-state index is 0.130. The van der Waals surface area contributed by atoms with Gasteiger partial charge in [0.25, 0.3) is 5.91 Å². The van der Waals surface area contributed by atoms with Crippen LogP contribution in [-0.2, 0) is 9.53 Å². The maximum absolute atomic E-state index is 12.9. The third-order valence-corrected chi connectivity index (χ3v) is 4.67. The maximum Gasteiger partial charge on any atom is 0.282 e. The van der Waals surface area contributed by atoms with Crippen LogP contribution in [0.5, 0.6) is 5.75 Å². The SMILES string of the molecule is CC1=N/C(=C\c2ccc(N(C)C)cc2)C(=O)N1c1ccc(OCC2CO2)cc1. The number of amidine groups is 1. The van der Waals surface area contributed by atoms with Crippen LogP contribution < -0.4 is 14.5 Å². The molecule has 1 atom stereocenters. The molecule has 0 spiro atoms. The Morgan fingerprint density at radius 3 is 2.46 bits per heavy atom. The van der Waals surface area contributed by atoms with E-state index in [1.54, 1.807) is 4.90 Å². The molecule has 144 valence electrons. The zero-order valence-electron chi connectivity index (χ0n) is 16.3. The number of carbonyl (C=O) groups is 1. The van der Waals surface area contributed by atoms with E-state index in [-0.39, 0.29) is 12.0 Å². The Bertz CT molecular complexity index is 927. The average molecular weight is 377 g/mol. The molecule has 2 heterocycles. The van der Waals surface area contributed by atoms with Gasteiger partial charge in [0.2, 0.25) is 0 Å². The van der Waals surface area contributed by atoms with Crippen LogP contribution in [0, 0.1) is 0 Å². The van der Waals surface area contributed by atoms with Gasteiger partial charge in [-0.15, -0.1) is 0 Å². The van der Waals surface area contributed by atoms with Crippen LogP contribution in [0.3, 0.4) is 0 Å². The molecular formula is C22H23N3O3. The van der Waals surface area contributed by atoms with Gasteiger partial charge in [-0.25, -0.2) is 4.99 Å². The van der Waals surface area contributed by atoms with Crippen molar-refractivity contribution in [2.24, 2.45) is 4.99 Å². The van der Waals surface area contributed by atoms with E-state index in [9.17, 15) is 4.79 Å². The molecular weight excluding hydrogens is 354 g/mol. The van der Waals surface area contributed by atoms with E-state index in [4.69, 9.17) is 9.47 Å². The molecule has 1 unspecified atom stereocenters. The Morgan fingerprint density at radius 2 is 1.86 bits per heavy atom. The summed E-state index contributed by atoms with van der Waals surface area (Å²) in [6.07, 6.45) is 2.03. The fourth-order valence-corrected chi connectivity index (χ4v) is 3.00. The van der Waals surface area contributed by atoms with Gasteiger partial charge in [0.05, 0.1) is 12.3 Å². The fourth-order valence-electron chi connectivity index (χ4n) is 3.00. The molecule has 2 aromatic carbocycles. The van der Waals surface area contributed by atoms with Gasteiger partial charge in [-0.3, -0.25) is 9.69 Å². The second kappa shape index (κ2) is 7.48. The highest BCUT2D eigenvalue weighted by Crippen LogP contribution is 2.27. The van der Waals surface area contributed by atoms with Crippen molar-refractivity contribution in [1.82, 2.24) is 0 Å². The predicted molar refractivity (Wildman–Crippen MR) is 111 cm³/mol. The van der Waals surface area contributed by atoms with E-state index in [1.165, 1.54) is 0 Å². The van der Waals surface area contributed by atoms with Crippen molar-refractivity contribution in [3.05, 3.63) is 59.8 Å². The van der Waals surface area contributed by atoms with Crippen LogP contribution in [0.25, 0.3) is 6.08 Å². The third kappa shape index (κ3) is 3.92. The van der Waals surface area contributed by atoms with Crippen LogP contribution in [0.1, 0.15) is 12.5 Å². The number of anilines is 2. The quantitative estimate of drug-likeness (QED) is 0.572. The standard InChI is InChI=1S/C22H23N3O3/c1-15-23-21(12-16-4-6-17(7-5-16)24(2)3)22(26)25(15)18-8-10-19(11-9-18)27-13-20-14-28-20/h4-12,20H,13-14H2,1-3H3/b21-12-. The smallest absolute Gasteiger partial charge is 0.282 e. The highest BCUT2D eigenvalue weighted by Gasteiger charge is 2.29. The number of epoxide rings is 1. The van der Waals surface area contributed by atoms with Crippen molar-refractivity contribution >= 4 is 29.2 Å². The molecule has 0 saturated carbocycles. The first-order chi connectivity index (χ1) is 13.5. The third-order valence-electron chi connectivity index (χ3n) is 4.67. The summed E-state index contributed by atoms with van der Waals surface area (Å²) < 4.78 is 10.8. The summed E-state index contributed by atoms with van der Waals surface area (Å²) >= 11 is 0. The number of ether oxygens (including phenoxy) is 2. The van der Waals surface area contributed by atoms with Gasteiger partial charge < -0.3 is 14.4 Å². The van der Waals surface area contributed by atoms with Gasteiger partial charge >= 0.3 is 0 Å². The molecule has 1 amide bonds. The van der Waals surface area contributed by atoms with Crippen LogP contribution in [-0.4, -0.2) is 45.2 Å². The number of hydrogen-bond donors (Lipinski definition) is 0. The maximum atomic E-state index is 12.9. The second-order valence-electron chi connectivity index (χ2n) is 7.08. The molecule has 2 aliphatic rings. The van der Waals surface area contributed by atoms with Crippen molar-refractivity contribution in [2.45, 2.75) is 13.0 Å². The largest absolute Gasteiger partial charge is 0.491 e. The average Bonchev–Trinajstić information content (AvgIpc) is 3.47. The zero-order chi connectivity index (χ0) is 19.7. The monoisotopic (exact) mass is 377 g/mol. The normalized spacial score (nSPS) is 19.8. The lowest BCUT2D eigenvalue weighted by Gasteiger charge is -2.16. The van der Waals surface area contributed by atoms with Crippen molar-refractivity contribution in [2.75, 3.05) is 37.1 Å². The van der Waals surface area contributed by atoms with Crippen LogP contribution in [0.2, 0.25) is 0 Å². The van der Waals surface area contributed by atoms with Crippen molar-refractivity contribution < 1.29 is 14.3 Å². The molecule has 2 aromatic rings. The number of nitrogens with zero attached hydrogens (tertiary/aromatic N) is 3. The molecule has 2 aliphatic heterocycles. The number of amides is 1. The van der Waals surface area contributed by atoms with Crippen LogP contribution in [0.15, 0.2) is 59.2 Å². The van der Waals surface area contributed by atoms with Crippen LogP contribution >= 0.6 is 0 Å². The molecule has 0 radical (unpaired) electrons. The van der Waals surface area contributed by atoms with Gasteiger partial charge in [0, 0.05) is 19.8 Å². The predicted octanol–water partition coefficient (Wildman–Crippen LogP) is 3.34. The molecule has 1 fully saturated rings. The molecule has 1 saturated heterocycles. The number of carbonyl (C=O) groups excluding carboxylic acids is 1. The van der Waals surface area contributed by atoms with E-state index in [0.717, 1.165) is 29.3 Å². The summed E-state index contributed by atoms with van der Waals surface area (Å²) in [5, 5.41) is 0. The molecule has 6 nitrogen and oxygen atoms in total. The van der Waals surface area contributed by atoms with E-state index in [1.807, 2.05) is 80.5 Å². The Kier molecular flexibility index (Phi) is 4.88. The van der Waals surface area contributed by atoms with E-state index in [2.05, 4.69) is 4.99 Å². The Labute approximate surface area is 164 Å². The van der Waals surface area contributed by atoms with E-state index in [0.29, 0.717) is 18.1 Å². The highest BCUT2D eigenvalue weighted by molar-refractivity contribution is 6.28. The molecule has 0 bridgehead atoms. The van der Waals surface area contributed by atoms with Crippen molar-refractivity contribution in [3.8, 4) is 5.75 Å². The minimum atomic E-state index is -0.130. The molecule has 0 aromatic heterocycles. The zero-order valence-corrected chi connectivity index (χ0v) is 16.3. The summed E-state index contributed by atoms with van der Waals surface area (Å²) in [5.74, 6) is 1.28. The Balaban J connectivity index is 1.49. The first kappa shape index (κ1) is 18.3. The van der Waals surface area contributed by atoms with Gasteiger partial charge in [-0.05, 0) is 55.0 Å². The number of hydrogen-bond acceptors (Lipinski definition) is 5. The summed E-state index contributed by atoms with van der Waals surface area (Å²) in [4.78, 5) is 21.0. The van der Waals surface area contributed by atoms with Gasteiger partial charge in [-0.1, -0.05) is 12.1 Å². The van der Waals surface area contributed by atoms with Crippen molar-refractivity contribution in [3.63, 3.8) is 0 Å². The first-order valence-electron chi connectivity index (χ1n) is 9.24. The minimum Gasteiger partial charge on any atom is -0.491 e. The second-order valence-corrected chi connectivity index (χ2v) is 7.08. The van der Waals surface area contributed by atoms with Gasteiger partial charge in [0.1, 0.15) is 30.0 Å². The topological polar surface area (TPSA) is 57.7 Å². The molecule has 6 heteroatoms. The van der Waals surface area contributed by atoms with E-state index >= 15 is 0 Å². The van der Waals surface area contributed by atoms with Crippen LogP contribution in [0.4, 0.5) is 11.4 Å². The summed E-state index contributed by atoms with van der Waals surface area (Å²) in [6, 6.07) is 15.5. The lowest BCUT2D eigenvalue weighted by molar-refractivity contribution is -0.113. The summed E-state index contributed by atoms with van der Waals surface area (Å²) in [7, 11) is 3.99. The molecule has 28 heavy (non-hydrogen) atoms. The van der Waals surface area contributed by atoms with E-state index < -0.39 is 0 Å². The number of benzene rings is 2. The molecule has 0 N–H and O–H groups in total. The first-order valence-corrected chi connectivity index (χ1v) is 9.24. The van der Waals surface area contributed by atoms with Gasteiger partial charge in [0.15, 0.2) is 0 Å². The summed E-state index contributed by atoms with van der Waals surface area (Å²) in [5.41, 5.74) is 3.25. The fraction of sp³-hybridized carbons (Fsp3) is 0.273. The number of rotatable bonds is 6. The lowest BCUT2D eigenvalue weighted by atomic mass is 10.1. The Morgan fingerprint density at radius 1 is 1.18 bits per heavy atom. The Hall–Kier alpha value is -3.12. The highest BCUT2D eigenvalue weighted by atomic mass is 16.6. The molecule has 4 rings (SSSR count). The van der Waals surface area contributed by atoms with Gasteiger partial charge in [-0.2, -0.15) is 0 Å². The van der Waals surface area contributed by atoms with Crippen molar-refractivity contribution in [1.29, 1.82) is 0 Å². The molecule has 0 aliphatic carbocycles.